The van der Waals surface area contributed by atoms with Crippen molar-refractivity contribution in [1.29, 1.82) is 0 Å². The standard InChI is InChI=1S/C13H15N3O3/c1-2-3-7-16-11-8(5-4-6-15-11)10(14)9(12(16)17)13(18)19/h4-6H,2-3,7,14H2,1H3,(H,18,19). The minimum absolute atomic E-state index is 0.0200. The molecule has 0 saturated carbocycles. The van der Waals surface area contributed by atoms with Gasteiger partial charge in [0.15, 0.2) is 0 Å². The van der Waals surface area contributed by atoms with Gasteiger partial charge in [0.05, 0.1) is 5.69 Å². The minimum atomic E-state index is -1.31. The summed E-state index contributed by atoms with van der Waals surface area (Å²) in [5, 5.41) is 9.64. The number of pyridine rings is 2. The molecule has 0 bridgehead atoms. The Balaban J connectivity index is 2.84. The van der Waals surface area contributed by atoms with Crippen LogP contribution in [0.2, 0.25) is 0 Å². The molecule has 0 aromatic carbocycles. The molecule has 3 N–H and O–H groups in total. The molecule has 19 heavy (non-hydrogen) atoms. The van der Waals surface area contributed by atoms with E-state index in [-0.39, 0.29) is 11.3 Å². The fourth-order valence-corrected chi connectivity index (χ4v) is 2.03. The van der Waals surface area contributed by atoms with Gasteiger partial charge in [0, 0.05) is 18.1 Å². The zero-order valence-corrected chi connectivity index (χ0v) is 10.6. The Hall–Kier alpha value is -2.37. The van der Waals surface area contributed by atoms with Crippen LogP contribution in [0.15, 0.2) is 23.1 Å². The van der Waals surface area contributed by atoms with Gasteiger partial charge in [-0.1, -0.05) is 13.3 Å². The molecule has 2 rings (SSSR count). The molecule has 0 aliphatic carbocycles. The summed E-state index contributed by atoms with van der Waals surface area (Å²) < 4.78 is 1.39. The summed E-state index contributed by atoms with van der Waals surface area (Å²) in [7, 11) is 0. The van der Waals surface area contributed by atoms with E-state index >= 15 is 0 Å². The van der Waals surface area contributed by atoms with Crippen LogP contribution in [0.25, 0.3) is 11.0 Å². The van der Waals surface area contributed by atoms with E-state index in [0.717, 1.165) is 12.8 Å². The Kier molecular flexibility index (Phi) is 3.50. The molecule has 100 valence electrons. The molecule has 2 heterocycles. The molecule has 2 aromatic rings. The fourth-order valence-electron chi connectivity index (χ4n) is 2.03. The lowest BCUT2D eigenvalue weighted by Crippen LogP contribution is -2.29. The first-order valence-electron chi connectivity index (χ1n) is 6.08. The molecular weight excluding hydrogens is 246 g/mol. The second-order valence-corrected chi connectivity index (χ2v) is 4.28. The maximum Gasteiger partial charge on any atom is 0.343 e. The smallest absolute Gasteiger partial charge is 0.343 e. The highest BCUT2D eigenvalue weighted by Crippen LogP contribution is 2.20. The third-order valence-electron chi connectivity index (χ3n) is 3.01. The van der Waals surface area contributed by atoms with Crippen molar-refractivity contribution in [1.82, 2.24) is 9.55 Å². The Morgan fingerprint density at radius 2 is 2.26 bits per heavy atom. The molecular formula is C13H15N3O3. The van der Waals surface area contributed by atoms with Crippen LogP contribution in [0.4, 0.5) is 5.69 Å². The van der Waals surface area contributed by atoms with Crippen molar-refractivity contribution in [3.8, 4) is 0 Å². The third kappa shape index (κ3) is 2.16. The van der Waals surface area contributed by atoms with Gasteiger partial charge in [-0.15, -0.1) is 0 Å². The number of nitrogen functional groups attached to an aromatic ring is 1. The molecule has 0 fully saturated rings. The fraction of sp³-hybridized carbons (Fsp3) is 0.308. The molecule has 0 aliphatic rings. The molecule has 0 amide bonds. The van der Waals surface area contributed by atoms with Crippen molar-refractivity contribution in [2.75, 3.05) is 5.73 Å². The lowest BCUT2D eigenvalue weighted by atomic mass is 10.1. The molecule has 0 radical (unpaired) electrons. The predicted octanol–water partition coefficient (Wildman–Crippen LogP) is 1.48. The largest absolute Gasteiger partial charge is 0.477 e. The highest BCUT2D eigenvalue weighted by molar-refractivity contribution is 6.02. The van der Waals surface area contributed by atoms with Crippen molar-refractivity contribution >= 4 is 22.7 Å². The maximum absolute atomic E-state index is 12.2. The number of carboxylic acids is 1. The second-order valence-electron chi connectivity index (χ2n) is 4.28. The zero-order chi connectivity index (χ0) is 14.0. The number of nitrogens with two attached hydrogens (primary N) is 1. The summed E-state index contributed by atoms with van der Waals surface area (Å²) in [6, 6.07) is 3.34. The van der Waals surface area contributed by atoms with E-state index in [9.17, 15) is 9.59 Å². The number of hydrogen-bond donors (Lipinski definition) is 2. The van der Waals surface area contributed by atoms with Gasteiger partial charge >= 0.3 is 5.97 Å². The monoisotopic (exact) mass is 261 g/mol. The summed E-state index contributed by atoms with van der Waals surface area (Å²) in [5.41, 5.74) is 5.23. The number of fused-ring (bicyclic) bond motifs is 1. The molecule has 6 nitrogen and oxygen atoms in total. The van der Waals surface area contributed by atoms with Gasteiger partial charge in [0.2, 0.25) is 0 Å². The van der Waals surface area contributed by atoms with E-state index in [4.69, 9.17) is 10.8 Å². The number of anilines is 1. The number of carboxylic acid groups (broad SMARTS) is 1. The van der Waals surface area contributed by atoms with Crippen molar-refractivity contribution in [3.63, 3.8) is 0 Å². The average molecular weight is 261 g/mol. The number of unbranched alkanes of at least 4 members (excludes halogenated alkanes) is 1. The third-order valence-corrected chi connectivity index (χ3v) is 3.01. The normalized spacial score (nSPS) is 10.8. The minimum Gasteiger partial charge on any atom is -0.477 e. The van der Waals surface area contributed by atoms with Crippen molar-refractivity contribution in [2.45, 2.75) is 26.3 Å². The molecule has 0 atom stereocenters. The van der Waals surface area contributed by atoms with Crippen molar-refractivity contribution in [3.05, 3.63) is 34.2 Å². The summed E-state index contributed by atoms with van der Waals surface area (Å²) in [4.78, 5) is 27.6. The number of nitrogens with zero attached hydrogens (tertiary/aromatic N) is 2. The molecule has 6 heteroatoms. The first-order valence-corrected chi connectivity index (χ1v) is 6.08. The van der Waals surface area contributed by atoms with Gasteiger partial charge in [-0.05, 0) is 18.6 Å². The summed E-state index contributed by atoms with van der Waals surface area (Å²) in [6.07, 6.45) is 3.23. The van der Waals surface area contributed by atoms with Gasteiger partial charge < -0.3 is 10.8 Å². The summed E-state index contributed by atoms with van der Waals surface area (Å²) >= 11 is 0. The van der Waals surface area contributed by atoms with Crippen LogP contribution >= 0.6 is 0 Å². The lowest BCUT2D eigenvalue weighted by Gasteiger charge is -2.12. The number of rotatable bonds is 4. The topological polar surface area (TPSA) is 98.2 Å². The van der Waals surface area contributed by atoms with Crippen LogP contribution in [0.5, 0.6) is 0 Å². The van der Waals surface area contributed by atoms with E-state index in [1.807, 2.05) is 6.92 Å². The van der Waals surface area contributed by atoms with Crippen LogP contribution in [0, 0.1) is 0 Å². The highest BCUT2D eigenvalue weighted by atomic mass is 16.4. The number of aromatic carboxylic acids is 1. The zero-order valence-electron chi connectivity index (χ0n) is 10.6. The summed E-state index contributed by atoms with van der Waals surface area (Å²) in [6.45, 7) is 2.43. The lowest BCUT2D eigenvalue weighted by molar-refractivity contribution is 0.0695. The quantitative estimate of drug-likeness (QED) is 0.868. The number of aromatic nitrogens is 2. The van der Waals surface area contributed by atoms with E-state index in [2.05, 4.69) is 4.98 Å². The van der Waals surface area contributed by atoms with E-state index in [1.165, 1.54) is 4.57 Å². The number of aryl methyl sites for hydroxylation is 1. The Labute approximate surface area is 109 Å². The SMILES string of the molecule is CCCCn1c(=O)c(C(=O)O)c(N)c2cccnc21. The average Bonchev–Trinajstić information content (AvgIpc) is 2.38. The Morgan fingerprint density at radius 3 is 2.89 bits per heavy atom. The van der Waals surface area contributed by atoms with Crippen molar-refractivity contribution in [2.24, 2.45) is 0 Å². The molecule has 0 saturated heterocycles. The molecule has 0 spiro atoms. The second kappa shape index (κ2) is 5.09. The van der Waals surface area contributed by atoms with E-state index in [0.29, 0.717) is 17.6 Å². The van der Waals surface area contributed by atoms with Gasteiger partial charge in [-0.2, -0.15) is 0 Å². The van der Waals surface area contributed by atoms with E-state index in [1.54, 1.807) is 18.3 Å². The maximum atomic E-state index is 12.2. The van der Waals surface area contributed by atoms with Crippen LogP contribution < -0.4 is 11.3 Å². The van der Waals surface area contributed by atoms with Gasteiger partial charge in [-0.3, -0.25) is 9.36 Å². The van der Waals surface area contributed by atoms with Crippen molar-refractivity contribution < 1.29 is 9.90 Å². The first-order chi connectivity index (χ1) is 9.07. The highest BCUT2D eigenvalue weighted by Gasteiger charge is 2.20. The number of carbonyl (C=O) groups is 1. The van der Waals surface area contributed by atoms with Crippen LogP contribution in [0.1, 0.15) is 30.1 Å². The van der Waals surface area contributed by atoms with Gasteiger partial charge in [0.25, 0.3) is 5.56 Å². The van der Waals surface area contributed by atoms with E-state index < -0.39 is 11.5 Å². The first kappa shape index (κ1) is 13.1. The molecule has 0 unspecified atom stereocenters. The Bertz CT molecular complexity index is 691. The number of hydrogen-bond acceptors (Lipinski definition) is 4. The molecule has 0 aliphatic heterocycles. The van der Waals surface area contributed by atoms with Gasteiger partial charge in [-0.25, -0.2) is 9.78 Å². The predicted molar refractivity (Wildman–Crippen MR) is 72.3 cm³/mol. The van der Waals surface area contributed by atoms with Crippen LogP contribution in [0.3, 0.4) is 0 Å². The van der Waals surface area contributed by atoms with Gasteiger partial charge in [0.1, 0.15) is 11.2 Å². The van der Waals surface area contributed by atoms with Crippen LogP contribution in [-0.2, 0) is 6.54 Å². The Morgan fingerprint density at radius 1 is 1.53 bits per heavy atom. The summed E-state index contributed by atoms with van der Waals surface area (Å²) in [5.74, 6) is -1.31. The molecule has 2 aromatic heterocycles. The van der Waals surface area contributed by atoms with Crippen LogP contribution in [-0.4, -0.2) is 20.6 Å².